The molecule has 0 aromatic heterocycles. The third-order valence-corrected chi connectivity index (χ3v) is 4.12. The average molecular weight is 246 g/mol. The van der Waals surface area contributed by atoms with Gasteiger partial charge in [-0.25, -0.2) is 0 Å². The summed E-state index contributed by atoms with van der Waals surface area (Å²) in [7, 11) is 0. The molecule has 0 aromatic rings. The third kappa shape index (κ3) is 3.65. The molecule has 0 bridgehead atoms. The molecule has 1 fully saturated rings. The van der Waals surface area contributed by atoms with E-state index in [0.29, 0.717) is 16.4 Å². The van der Waals surface area contributed by atoms with E-state index >= 15 is 0 Å². The Labute approximate surface area is 100 Å². The lowest BCUT2D eigenvalue weighted by molar-refractivity contribution is -0.301. The number of hydrogen-bond acceptors (Lipinski definition) is 4. The lowest BCUT2D eigenvalue weighted by Crippen LogP contribution is -2.46. The Kier molecular flexibility index (Phi) is 4.86. The molecular weight excluding hydrogens is 230 g/mol. The van der Waals surface area contributed by atoms with Gasteiger partial charge >= 0.3 is 0 Å². The van der Waals surface area contributed by atoms with Crippen molar-refractivity contribution in [3.8, 4) is 0 Å². The Morgan fingerprint density at radius 2 is 2.00 bits per heavy atom. The fourth-order valence-corrected chi connectivity index (χ4v) is 3.26. The molecule has 1 rings (SSSR count). The van der Waals surface area contributed by atoms with Crippen molar-refractivity contribution in [2.24, 2.45) is 0 Å². The van der Waals surface area contributed by atoms with Crippen molar-refractivity contribution < 1.29 is 9.90 Å². The maximum atomic E-state index is 10.3. The molecule has 0 unspecified atom stereocenters. The van der Waals surface area contributed by atoms with Crippen LogP contribution in [0.5, 0.6) is 0 Å². The van der Waals surface area contributed by atoms with Crippen molar-refractivity contribution in [3.63, 3.8) is 0 Å². The highest BCUT2D eigenvalue weighted by Crippen LogP contribution is 2.26. The van der Waals surface area contributed by atoms with Crippen molar-refractivity contribution in [2.75, 3.05) is 5.75 Å². The number of thioether (sulfide) groups is 1. The Balaban J connectivity index is 2.51. The van der Waals surface area contributed by atoms with E-state index in [-0.39, 0.29) is 5.75 Å². The van der Waals surface area contributed by atoms with Crippen molar-refractivity contribution >= 4 is 34.3 Å². The van der Waals surface area contributed by atoms with Gasteiger partial charge in [0.1, 0.15) is 4.32 Å². The van der Waals surface area contributed by atoms with Gasteiger partial charge in [-0.3, -0.25) is 0 Å². The van der Waals surface area contributed by atoms with Gasteiger partial charge in [-0.15, -0.1) is 0 Å². The fraction of sp³-hybridized carbons (Fsp3) is 0.800. The first kappa shape index (κ1) is 12.8. The van der Waals surface area contributed by atoms with Gasteiger partial charge in [0.05, 0.1) is 5.97 Å². The Morgan fingerprint density at radius 3 is 2.47 bits per heavy atom. The number of carboxylic acids is 1. The molecule has 86 valence electrons. The first-order chi connectivity index (χ1) is 7.02. The molecule has 1 aliphatic heterocycles. The molecule has 0 spiro atoms. The van der Waals surface area contributed by atoms with E-state index in [1.165, 1.54) is 18.2 Å². The molecule has 1 saturated heterocycles. The number of piperidine rings is 1. The topological polar surface area (TPSA) is 43.4 Å². The molecule has 1 aliphatic rings. The van der Waals surface area contributed by atoms with Crippen molar-refractivity contribution in [1.29, 1.82) is 0 Å². The fourth-order valence-electron chi connectivity index (χ4n) is 1.98. The van der Waals surface area contributed by atoms with E-state index in [2.05, 4.69) is 18.7 Å². The molecule has 0 aliphatic carbocycles. The zero-order valence-electron chi connectivity index (χ0n) is 9.06. The maximum Gasteiger partial charge on any atom is 0.137 e. The number of thiocarbonyl (C=S) groups is 1. The van der Waals surface area contributed by atoms with Gasteiger partial charge in [0.25, 0.3) is 0 Å². The van der Waals surface area contributed by atoms with Gasteiger partial charge in [0.15, 0.2) is 0 Å². The van der Waals surface area contributed by atoms with Crippen LogP contribution in [-0.4, -0.2) is 33.0 Å². The Hall–Kier alpha value is -0.290. The maximum absolute atomic E-state index is 10.3. The van der Waals surface area contributed by atoms with E-state index < -0.39 is 5.97 Å². The van der Waals surface area contributed by atoms with Crippen molar-refractivity contribution in [1.82, 2.24) is 4.90 Å². The summed E-state index contributed by atoms with van der Waals surface area (Å²) < 4.78 is 0.693. The quantitative estimate of drug-likeness (QED) is 0.681. The summed E-state index contributed by atoms with van der Waals surface area (Å²) in [4.78, 5) is 12.5. The standard InChI is InChI=1S/C10H17NO2S2/c1-7-4-3-5-8(2)11(7)10(14)15-6-9(12)13/h7-8H,3-6H2,1-2H3,(H,12,13)/p-1/t7-,8-/m0/s1. The van der Waals surface area contributed by atoms with E-state index in [1.807, 2.05) is 0 Å². The molecule has 0 amide bonds. The molecule has 15 heavy (non-hydrogen) atoms. The smallest absolute Gasteiger partial charge is 0.137 e. The summed E-state index contributed by atoms with van der Waals surface area (Å²) in [6.07, 6.45) is 3.50. The van der Waals surface area contributed by atoms with Crippen LogP contribution < -0.4 is 5.11 Å². The van der Waals surface area contributed by atoms with Gasteiger partial charge < -0.3 is 14.8 Å². The van der Waals surface area contributed by atoms with E-state index in [4.69, 9.17) is 12.2 Å². The SMILES string of the molecule is C[C@H]1CCC[C@H](C)N1C(=S)SCC(=O)[O-]. The zero-order chi connectivity index (χ0) is 11.4. The summed E-state index contributed by atoms with van der Waals surface area (Å²) >= 11 is 6.44. The second kappa shape index (κ2) is 5.70. The number of likely N-dealkylation sites (tertiary alicyclic amines) is 1. The molecule has 0 aromatic carbocycles. The van der Waals surface area contributed by atoms with Crippen LogP contribution in [0.3, 0.4) is 0 Å². The second-order valence-electron chi connectivity index (χ2n) is 3.96. The molecule has 5 heteroatoms. The zero-order valence-corrected chi connectivity index (χ0v) is 10.7. The third-order valence-electron chi connectivity index (χ3n) is 2.72. The monoisotopic (exact) mass is 246 g/mol. The van der Waals surface area contributed by atoms with Crippen LogP contribution in [0.15, 0.2) is 0 Å². The normalized spacial score (nSPS) is 26.4. The number of hydrogen-bond donors (Lipinski definition) is 0. The largest absolute Gasteiger partial charge is 0.549 e. The predicted octanol–water partition coefficient (Wildman–Crippen LogP) is 1.02. The van der Waals surface area contributed by atoms with Crippen LogP contribution in [0.2, 0.25) is 0 Å². The number of nitrogens with zero attached hydrogens (tertiary/aromatic N) is 1. The molecule has 0 saturated carbocycles. The van der Waals surface area contributed by atoms with Crippen molar-refractivity contribution in [3.05, 3.63) is 0 Å². The van der Waals surface area contributed by atoms with Gasteiger partial charge in [-0.1, -0.05) is 24.0 Å². The van der Waals surface area contributed by atoms with E-state index in [0.717, 1.165) is 12.8 Å². The molecule has 2 atom stereocenters. The van der Waals surface area contributed by atoms with Gasteiger partial charge in [-0.2, -0.15) is 0 Å². The highest BCUT2D eigenvalue weighted by molar-refractivity contribution is 8.23. The summed E-state index contributed by atoms with van der Waals surface area (Å²) in [5, 5.41) is 10.3. The number of aliphatic carboxylic acids is 1. The van der Waals surface area contributed by atoms with Crippen LogP contribution in [0.4, 0.5) is 0 Å². The van der Waals surface area contributed by atoms with Crippen LogP contribution in [-0.2, 0) is 4.79 Å². The first-order valence-corrected chi connectivity index (χ1v) is 6.56. The highest BCUT2D eigenvalue weighted by Gasteiger charge is 2.26. The van der Waals surface area contributed by atoms with Crippen molar-refractivity contribution in [2.45, 2.75) is 45.2 Å². The van der Waals surface area contributed by atoms with E-state index in [1.54, 1.807) is 0 Å². The highest BCUT2D eigenvalue weighted by atomic mass is 32.2. The van der Waals surface area contributed by atoms with Crippen LogP contribution >= 0.6 is 24.0 Å². The second-order valence-corrected chi connectivity index (χ2v) is 5.57. The van der Waals surface area contributed by atoms with Crippen LogP contribution in [0.25, 0.3) is 0 Å². The minimum atomic E-state index is -1.06. The minimum absolute atomic E-state index is 0.0469. The summed E-state index contributed by atoms with van der Waals surface area (Å²) in [6.45, 7) is 4.28. The number of carbonyl (C=O) groups excluding carboxylic acids is 1. The molecule has 0 N–H and O–H groups in total. The van der Waals surface area contributed by atoms with Crippen LogP contribution in [0.1, 0.15) is 33.1 Å². The van der Waals surface area contributed by atoms with Gasteiger partial charge in [-0.05, 0) is 33.1 Å². The van der Waals surface area contributed by atoms with E-state index in [9.17, 15) is 9.90 Å². The molecular formula is C10H16NO2S2-. The van der Waals surface area contributed by atoms with Crippen LogP contribution in [0, 0.1) is 0 Å². The Morgan fingerprint density at radius 1 is 1.47 bits per heavy atom. The number of carboxylic acid groups (broad SMARTS) is 1. The number of rotatable bonds is 2. The summed E-state index contributed by atoms with van der Waals surface area (Å²) in [5.41, 5.74) is 0. The number of carbonyl (C=O) groups is 1. The molecule has 1 heterocycles. The lowest BCUT2D eigenvalue weighted by Gasteiger charge is -2.40. The molecule has 0 radical (unpaired) electrons. The lowest BCUT2D eigenvalue weighted by atomic mass is 9.99. The Bertz CT molecular complexity index is 248. The summed E-state index contributed by atoms with van der Waals surface area (Å²) in [6, 6.07) is 0.853. The molecule has 3 nitrogen and oxygen atoms in total. The van der Waals surface area contributed by atoms with Gasteiger partial charge in [0.2, 0.25) is 0 Å². The van der Waals surface area contributed by atoms with Gasteiger partial charge in [0, 0.05) is 17.8 Å². The first-order valence-electron chi connectivity index (χ1n) is 5.17. The predicted molar refractivity (Wildman–Crippen MR) is 64.7 cm³/mol. The average Bonchev–Trinajstić information content (AvgIpc) is 2.14. The minimum Gasteiger partial charge on any atom is -0.549 e. The summed E-state index contributed by atoms with van der Waals surface area (Å²) in [5.74, 6) is -1.10.